The van der Waals surface area contributed by atoms with Gasteiger partial charge in [0.15, 0.2) is 0 Å². The quantitative estimate of drug-likeness (QED) is 0.259. The summed E-state index contributed by atoms with van der Waals surface area (Å²) in [6.07, 6.45) is 4.34. The van der Waals surface area contributed by atoms with Crippen LogP contribution in [0.2, 0.25) is 0 Å². The third-order valence-corrected chi connectivity index (χ3v) is 6.79. The van der Waals surface area contributed by atoms with Crippen molar-refractivity contribution in [3.05, 3.63) is 58.7 Å². The number of esters is 1. The Hall–Kier alpha value is -3.78. The van der Waals surface area contributed by atoms with E-state index in [-0.39, 0.29) is 29.4 Å². The van der Waals surface area contributed by atoms with Gasteiger partial charge in [-0.3, -0.25) is 4.79 Å². The molecular formula is C27H31N4O4+. The molecule has 1 fully saturated rings. The molecule has 2 aromatic carbocycles. The number of rotatable bonds is 8. The lowest BCUT2D eigenvalue weighted by Crippen LogP contribution is -2.73. The van der Waals surface area contributed by atoms with Crippen molar-refractivity contribution in [2.24, 2.45) is 0 Å². The molecule has 4 N–H and O–H groups in total. The molecule has 1 aliphatic carbocycles. The van der Waals surface area contributed by atoms with Gasteiger partial charge in [-0.2, -0.15) is 0 Å². The van der Waals surface area contributed by atoms with Crippen LogP contribution in [0.15, 0.2) is 36.4 Å². The molecule has 0 unspecified atom stereocenters. The van der Waals surface area contributed by atoms with E-state index in [0.717, 1.165) is 30.5 Å². The monoisotopic (exact) mass is 475 g/mol. The number of quaternary nitrogens is 1. The Morgan fingerprint density at radius 1 is 1.23 bits per heavy atom. The number of fused-ring (bicyclic) bond motifs is 1. The van der Waals surface area contributed by atoms with Gasteiger partial charge in [0, 0.05) is 23.4 Å². The smallest absolute Gasteiger partial charge is 0.343 e. The molecule has 0 radical (unpaired) electrons. The molecule has 1 aromatic heterocycles. The van der Waals surface area contributed by atoms with Crippen LogP contribution in [-0.2, 0) is 10.2 Å². The number of benzene rings is 2. The SMILES string of the molecule is CCOC(=O)c1cc2ccc(C3(C)CCC3)c(C(=O)Nc3ccc([NH2+]C)c(C=N)c3)c2nc1OC. The molecule has 35 heavy (non-hydrogen) atoms. The number of amides is 1. The summed E-state index contributed by atoms with van der Waals surface area (Å²) in [5, 5.41) is 13.3. The summed E-state index contributed by atoms with van der Waals surface area (Å²) in [5.74, 6) is -0.692. The number of nitrogens with two attached hydrogens (primary N) is 1. The van der Waals surface area contributed by atoms with E-state index in [1.807, 2.05) is 36.6 Å². The third kappa shape index (κ3) is 4.49. The van der Waals surface area contributed by atoms with Crippen molar-refractivity contribution < 1.29 is 24.4 Å². The summed E-state index contributed by atoms with van der Waals surface area (Å²) < 4.78 is 10.6. The summed E-state index contributed by atoms with van der Waals surface area (Å²) in [6.45, 7) is 4.14. The number of methoxy groups -OCH3 is 1. The predicted molar refractivity (Wildman–Crippen MR) is 135 cm³/mol. The molecular weight excluding hydrogens is 444 g/mol. The molecule has 1 heterocycles. The zero-order chi connectivity index (χ0) is 25.2. The van der Waals surface area contributed by atoms with Gasteiger partial charge in [0.1, 0.15) is 11.3 Å². The van der Waals surface area contributed by atoms with Crippen molar-refractivity contribution in [3.63, 3.8) is 0 Å². The third-order valence-electron chi connectivity index (χ3n) is 6.79. The Bertz CT molecular complexity index is 1310. The number of anilines is 1. The van der Waals surface area contributed by atoms with Crippen LogP contribution in [0.25, 0.3) is 10.9 Å². The normalized spacial score (nSPS) is 14.2. The Labute approximate surface area is 204 Å². The lowest BCUT2D eigenvalue weighted by Gasteiger charge is -2.40. The molecule has 182 valence electrons. The summed E-state index contributed by atoms with van der Waals surface area (Å²) in [6, 6.07) is 11.0. The first-order chi connectivity index (χ1) is 16.8. The molecule has 3 aromatic rings. The van der Waals surface area contributed by atoms with Crippen molar-refractivity contribution in [2.75, 3.05) is 26.1 Å². The number of carbonyl (C=O) groups is 2. The van der Waals surface area contributed by atoms with Gasteiger partial charge in [-0.25, -0.2) is 9.78 Å². The molecule has 8 heteroatoms. The molecule has 1 saturated carbocycles. The van der Waals surface area contributed by atoms with Crippen molar-refractivity contribution in [1.82, 2.24) is 4.98 Å². The Balaban J connectivity index is 1.86. The molecule has 8 nitrogen and oxygen atoms in total. The molecule has 0 aliphatic heterocycles. The van der Waals surface area contributed by atoms with E-state index in [1.165, 1.54) is 13.3 Å². The fourth-order valence-corrected chi connectivity index (χ4v) is 4.68. The van der Waals surface area contributed by atoms with Gasteiger partial charge in [0.25, 0.3) is 5.91 Å². The predicted octanol–water partition coefficient (Wildman–Crippen LogP) is 3.94. The zero-order valence-electron chi connectivity index (χ0n) is 20.5. The van der Waals surface area contributed by atoms with Crippen LogP contribution < -0.4 is 15.4 Å². The van der Waals surface area contributed by atoms with E-state index in [4.69, 9.17) is 14.9 Å². The van der Waals surface area contributed by atoms with Gasteiger partial charge in [-0.15, -0.1) is 0 Å². The molecule has 1 aliphatic rings. The first kappa shape index (κ1) is 24.3. The van der Waals surface area contributed by atoms with E-state index in [9.17, 15) is 9.59 Å². The van der Waals surface area contributed by atoms with E-state index < -0.39 is 5.97 Å². The number of pyridine rings is 1. The lowest BCUT2D eigenvalue weighted by atomic mass is 9.64. The average Bonchev–Trinajstić information content (AvgIpc) is 2.85. The second-order valence-electron chi connectivity index (χ2n) is 8.97. The van der Waals surface area contributed by atoms with Gasteiger partial charge in [0.05, 0.1) is 37.4 Å². The first-order valence-corrected chi connectivity index (χ1v) is 11.8. The van der Waals surface area contributed by atoms with Crippen LogP contribution in [0.4, 0.5) is 11.4 Å². The Morgan fingerprint density at radius 2 is 2.00 bits per heavy atom. The summed E-state index contributed by atoms with van der Waals surface area (Å²) in [4.78, 5) is 30.9. The summed E-state index contributed by atoms with van der Waals surface area (Å²) >= 11 is 0. The Kier molecular flexibility index (Phi) is 6.84. The highest BCUT2D eigenvalue weighted by Gasteiger charge is 2.38. The Morgan fingerprint density at radius 3 is 2.60 bits per heavy atom. The van der Waals surface area contributed by atoms with Gasteiger partial charge < -0.3 is 25.5 Å². The number of nitrogens with one attached hydrogen (secondary N) is 2. The molecule has 4 rings (SSSR count). The number of ether oxygens (including phenoxy) is 2. The summed E-state index contributed by atoms with van der Waals surface area (Å²) in [5.41, 5.74) is 4.20. The van der Waals surface area contributed by atoms with Crippen LogP contribution in [0.1, 0.15) is 65.0 Å². The minimum atomic E-state index is -0.522. The molecule has 0 saturated heterocycles. The molecule has 0 spiro atoms. The van der Waals surface area contributed by atoms with E-state index in [1.54, 1.807) is 19.1 Å². The topological polar surface area (TPSA) is 118 Å². The van der Waals surface area contributed by atoms with Crippen LogP contribution in [0.5, 0.6) is 5.88 Å². The standard InChI is InChI=1S/C27H30N4O4/c1-5-35-26(33)19-14-16-7-9-20(27(2)11-6-12-27)22(23(16)31-25(19)34-4)24(32)30-18-8-10-21(29-3)17(13-18)15-28/h7-10,13-15,28-29H,5-6,11-12H2,1-4H3,(H,30,32)/p+1. The highest BCUT2D eigenvalue weighted by Crippen LogP contribution is 2.46. The van der Waals surface area contributed by atoms with Gasteiger partial charge in [0.2, 0.25) is 5.88 Å². The number of hydrogen-bond donors (Lipinski definition) is 3. The molecule has 0 bridgehead atoms. The fourth-order valence-electron chi connectivity index (χ4n) is 4.68. The van der Waals surface area contributed by atoms with Crippen LogP contribution >= 0.6 is 0 Å². The number of carbonyl (C=O) groups excluding carboxylic acids is 2. The van der Waals surface area contributed by atoms with Gasteiger partial charge >= 0.3 is 5.97 Å². The number of hydrogen-bond acceptors (Lipinski definition) is 6. The van der Waals surface area contributed by atoms with Crippen LogP contribution in [0.3, 0.4) is 0 Å². The van der Waals surface area contributed by atoms with Crippen molar-refractivity contribution >= 4 is 40.4 Å². The highest BCUT2D eigenvalue weighted by atomic mass is 16.5. The van der Waals surface area contributed by atoms with Gasteiger partial charge in [-0.05, 0) is 48.9 Å². The first-order valence-electron chi connectivity index (χ1n) is 11.8. The van der Waals surface area contributed by atoms with Crippen LogP contribution in [-0.4, -0.2) is 43.8 Å². The van der Waals surface area contributed by atoms with Gasteiger partial charge in [-0.1, -0.05) is 25.5 Å². The average molecular weight is 476 g/mol. The number of nitrogens with zero attached hydrogens (tertiary/aromatic N) is 1. The van der Waals surface area contributed by atoms with E-state index in [2.05, 4.69) is 17.2 Å². The minimum absolute atomic E-state index is 0.120. The maximum atomic E-state index is 13.8. The minimum Gasteiger partial charge on any atom is -0.480 e. The lowest BCUT2D eigenvalue weighted by molar-refractivity contribution is -0.539. The van der Waals surface area contributed by atoms with E-state index in [0.29, 0.717) is 27.7 Å². The van der Waals surface area contributed by atoms with E-state index >= 15 is 0 Å². The van der Waals surface area contributed by atoms with Crippen molar-refractivity contribution in [2.45, 2.75) is 38.5 Å². The van der Waals surface area contributed by atoms with Crippen molar-refractivity contribution in [3.8, 4) is 5.88 Å². The van der Waals surface area contributed by atoms with Crippen molar-refractivity contribution in [1.29, 1.82) is 5.41 Å². The second kappa shape index (κ2) is 9.84. The summed E-state index contributed by atoms with van der Waals surface area (Å²) in [7, 11) is 3.35. The zero-order valence-corrected chi connectivity index (χ0v) is 20.5. The largest absolute Gasteiger partial charge is 0.480 e. The molecule has 0 atom stereocenters. The molecule has 1 amide bonds. The maximum Gasteiger partial charge on any atom is 0.343 e. The fraction of sp³-hybridized carbons (Fsp3) is 0.333. The maximum absolute atomic E-state index is 13.8. The second-order valence-corrected chi connectivity index (χ2v) is 8.97. The van der Waals surface area contributed by atoms with Crippen LogP contribution in [0, 0.1) is 5.41 Å². The highest BCUT2D eigenvalue weighted by molar-refractivity contribution is 6.14. The number of aromatic nitrogens is 1.